The topological polar surface area (TPSA) is 26.3 Å². The van der Waals surface area contributed by atoms with Gasteiger partial charge in [0.15, 0.2) is 0 Å². The second kappa shape index (κ2) is 8.99. The lowest BCUT2D eigenvalue weighted by atomic mass is 10.4. The SMILES string of the molecule is COC(=O)C=CC#CC#CC=C(C)SC. The third-order valence-corrected chi connectivity index (χ3v) is 2.07. The Balaban J connectivity index is 4.11. The zero-order valence-corrected chi connectivity index (χ0v) is 9.77. The molecule has 0 amide bonds. The van der Waals surface area contributed by atoms with Gasteiger partial charge in [-0.1, -0.05) is 11.8 Å². The molecule has 0 N–H and O–H groups in total. The highest BCUT2D eigenvalue weighted by atomic mass is 32.2. The number of rotatable bonds is 2. The van der Waals surface area contributed by atoms with Gasteiger partial charge in [0, 0.05) is 6.08 Å². The van der Waals surface area contributed by atoms with Crippen molar-refractivity contribution in [3.05, 3.63) is 23.1 Å². The first-order valence-electron chi connectivity index (χ1n) is 4.17. The number of carbonyl (C=O) groups is 1. The van der Waals surface area contributed by atoms with Crippen LogP contribution >= 0.6 is 11.8 Å². The lowest BCUT2D eigenvalue weighted by Gasteiger charge is -1.85. The number of ether oxygens (including phenoxy) is 1. The van der Waals surface area contributed by atoms with Gasteiger partial charge in [-0.3, -0.25) is 0 Å². The molecule has 0 aromatic rings. The van der Waals surface area contributed by atoms with E-state index in [1.54, 1.807) is 17.8 Å². The molecule has 0 rings (SSSR count). The first-order chi connectivity index (χ1) is 7.20. The Labute approximate surface area is 94.8 Å². The van der Waals surface area contributed by atoms with Crippen LogP contribution in [0, 0.1) is 23.7 Å². The number of thioether (sulfide) groups is 1. The maximum Gasteiger partial charge on any atom is 0.331 e. The van der Waals surface area contributed by atoms with E-state index in [-0.39, 0.29) is 0 Å². The van der Waals surface area contributed by atoms with E-state index in [2.05, 4.69) is 28.4 Å². The van der Waals surface area contributed by atoms with E-state index in [1.807, 2.05) is 13.2 Å². The van der Waals surface area contributed by atoms with Gasteiger partial charge in [0.1, 0.15) is 0 Å². The van der Waals surface area contributed by atoms with Gasteiger partial charge >= 0.3 is 5.97 Å². The van der Waals surface area contributed by atoms with E-state index < -0.39 is 5.97 Å². The van der Waals surface area contributed by atoms with E-state index >= 15 is 0 Å². The van der Waals surface area contributed by atoms with Crippen LogP contribution in [-0.4, -0.2) is 19.3 Å². The number of esters is 1. The smallest absolute Gasteiger partial charge is 0.331 e. The molecule has 0 atom stereocenters. The molecule has 0 spiro atoms. The summed E-state index contributed by atoms with van der Waals surface area (Å²) in [5.74, 6) is 10.2. The fourth-order valence-electron chi connectivity index (χ4n) is 0.488. The zero-order chi connectivity index (χ0) is 11.5. The highest BCUT2D eigenvalue weighted by Gasteiger charge is 1.85. The Hall–Kier alpha value is -1.58. The summed E-state index contributed by atoms with van der Waals surface area (Å²) in [6.07, 6.45) is 6.44. The minimum atomic E-state index is -0.421. The Kier molecular flexibility index (Phi) is 8.05. The van der Waals surface area contributed by atoms with Gasteiger partial charge < -0.3 is 4.74 Å². The number of carbonyl (C=O) groups excluding carboxylic acids is 1. The third kappa shape index (κ3) is 8.74. The largest absolute Gasteiger partial charge is 0.466 e. The second-order valence-electron chi connectivity index (χ2n) is 2.35. The van der Waals surface area contributed by atoms with Crippen LogP contribution in [0.1, 0.15) is 6.92 Å². The molecule has 0 saturated heterocycles. The summed E-state index contributed by atoms with van der Waals surface area (Å²) in [4.78, 5) is 11.7. The Morgan fingerprint density at radius 1 is 1.33 bits per heavy atom. The van der Waals surface area contributed by atoms with Gasteiger partial charge in [0.2, 0.25) is 0 Å². The van der Waals surface area contributed by atoms with Crippen molar-refractivity contribution in [3.63, 3.8) is 0 Å². The number of allylic oxidation sites excluding steroid dienone is 3. The maximum atomic E-state index is 10.6. The molecule has 0 bridgehead atoms. The zero-order valence-electron chi connectivity index (χ0n) is 8.96. The van der Waals surface area contributed by atoms with Gasteiger partial charge in [-0.05, 0) is 42.1 Å². The van der Waals surface area contributed by atoms with E-state index in [4.69, 9.17) is 0 Å². The molecule has 0 unspecified atom stereocenters. The molecule has 0 aliphatic carbocycles. The molecule has 0 radical (unpaired) electrons. The van der Waals surface area contributed by atoms with E-state index in [9.17, 15) is 4.79 Å². The quantitative estimate of drug-likeness (QED) is 0.404. The first kappa shape index (κ1) is 13.4. The molecule has 0 aliphatic rings. The van der Waals surface area contributed by atoms with Crippen LogP contribution in [0.2, 0.25) is 0 Å². The number of hydrogen-bond acceptors (Lipinski definition) is 3. The average Bonchev–Trinajstić information content (AvgIpc) is 2.26. The van der Waals surface area contributed by atoms with Crippen molar-refractivity contribution in [2.24, 2.45) is 0 Å². The van der Waals surface area contributed by atoms with E-state index in [0.717, 1.165) is 4.91 Å². The highest BCUT2D eigenvalue weighted by molar-refractivity contribution is 8.02. The Bertz CT molecular complexity index is 383. The summed E-state index contributed by atoms with van der Waals surface area (Å²) in [5, 5.41) is 0. The average molecular weight is 220 g/mol. The number of hydrogen-bond donors (Lipinski definition) is 0. The molecule has 78 valence electrons. The monoisotopic (exact) mass is 220 g/mol. The Morgan fingerprint density at radius 3 is 2.60 bits per heavy atom. The van der Waals surface area contributed by atoms with Crippen molar-refractivity contribution in [2.45, 2.75) is 6.92 Å². The summed E-state index contributed by atoms with van der Waals surface area (Å²) < 4.78 is 4.38. The van der Waals surface area contributed by atoms with Crippen molar-refractivity contribution in [1.82, 2.24) is 0 Å². The minimum absolute atomic E-state index is 0.421. The second-order valence-corrected chi connectivity index (χ2v) is 3.41. The van der Waals surface area contributed by atoms with Crippen molar-refractivity contribution in [1.29, 1.82) is 0 Å². The fourth-order valence-corrected chi connectivity index (χ4v) is 0.665. The predicted molar refractivity (Wildman–Crippen MR) is 64.0 cm³/mol. The maximum absolute atomic E-state index is 10.6. The predicted octanol–water partition coefficient (Wildman–Crippen LogP) is 1.99. The molecular formula is C12H12O2S. The van der Waals surface area contributed by atoms with Crippen LogP contribution in [0.25, 0.3) is 0 Å². The van der Waals surface area contributed by atoms with Crippen molar-refractivity contribution in [2.75, 3.05) is 13.4 Å². The van der Waals surface area contributed by atoms with Gasteiger partial charge in [-0.25, -0.2) is 4.79 Å². The van der Waals surface area contributed by atoms with Crippen molar-refractivity contribution >= 4 is 17.7 Å². The van der Waals surface area contributed by atoms with Crippen LogP contribution < -0.4 is 0 Å². The minimum Gasteiger partial charge on any atom is -0.466 e. The number of methoxy groups -OCH3 is 1. The normalized spacial score (nSPS) is 9.93. The van der Waals surface area contributed by atoms with Crippen LogP contribution in [0.5, 0.6) is 0 Å². The van der Waals surface area contributed by atoms with Gasteiger partial charge in [-0.2, -0.15) is 0 Å². The molecule has 15 heavy (non-hydrogen) atoms. The molecule has 0 aromatic carbocycles. The van der Waals surface area contributed by atoms with Gasteiger partial charge in [-0.15, -0.1) is 11.8 Å². The molecule has 0 fully saturated rings. The standard InChI is InChI=1S/C12H12O2S/c1-11(15-3)9-7-5-4-6-8-10-12(13)14-2/h8-10H,1-3H3. The van der Waals surface area contributed by atoms with Crippen LogP contribution in [0.4, 0.5) is 0 Å². The molecule has 2 nitrogen and oxygen atoms in total. The first-order valence-corrected chi connectivity index (χ1v) is 5.39. The lowest BCUT2D eigenvalue weighted by Crippen LogP contribution is -1.92. The summed E-state index contributed by atoms with van der Waals surface area (Å²) in [6.45, 7) is 1.98. The van der Waals surface area contributed by atoms with Crippen LogP contribution in [0.3, 0.4) is 0 Å². The summed E-state index contributed by atoms with van der Waals surface area (Å²) in [7, 11) is 1.32. The molecular weight excluding hydrogens is 208 g/mol. The Morgan fingerprint density at radius 2 is 2.00 bits per heavy atom. The van der Waals surface area contributed by atoms with Gasteiger partial charge in [0.25, 0.3) is 0 Å². The molecule has 0 saturated carbocycles. The van der Waals surface area contributed by atoms with E-state index in [1.165, 1.54) is 19.3 Å². The molecule has 0 heterocycles. The fraction of sp³-hybridized carbons (Fsp3) is 0.250. The van der Waals surface area contributed by atoms with Crippen molar-refractivity contribution in [3.8, 4) is 23.7 Å². The highest BCUT2D eigenvalue weighted by Crippen LogP contribution is 2.07. The van der Waals surface area contributed by atoms with E-state index in [0.29, 0.717) is 0 Å². The summed E-state index contributed by atoms with van der Waals surface area (Å²) >= 11 is 1.64. The van der Waals surface area contributed by atoms with Gasteiger partial charge in [0.05, 0.1) is 7.11 Å². The summed E-state index contributed by atoms with van der Waals surface area (Å²) in [6, 6.07) is 0. The molecule has 0 aromatic heterocycles. The third-order valence-electron chi connectivity index (χ3n) is 1.31. The molecule has 3 heteroatoms. The van der Waals surface area contributed by atoms with Crippen LogP contribution in [0.15, 0.2) is 23.1 Å². The van der Waals surface area contributed by atoms with Crippen LogP contribution in [-0.2, 0) is 9.53 Å². The van der Waals surface area contributed by atoms with Crippen molar-refractivity contribution < 1.29 is 9.53 Å². The summed E-state index contributed by atoms with van der Waals surface area (Å²) in [5.41, 5.74) is 0. The lowest BCUT2D eigenvalue weighted by molar-refractivity contribution is -0.134. The molecule has 0 aliphatic heterocycles.